The lowest BCUT2D eigenvalue weighted by Crippen LogP contribution is -2.07. The quantitative estimate of drug-likeness (QED) is 0.669. The van der Waals surface area contributed by atoms with Gasteiger partial charge in [-0.05, 0) is 24.1 Å². The molecular weight excluding hydrogens is 248 g/mol. The van der Waals surface area contributed by atoms with E-state index in [1.807, 2.05) is 0 Å². The van der Waals surface area contributed by atoms with Crippen molar-refractivity contribution in [1.29, 1.82) is 0 Å². The minimum absolute atomic E-state index is 0.210. The van der Waals surface area contributed by atoms with Gasteiger partial charge in [0, 0.05) is 5.02 Å². The predicted octanol–water partition coefficient (Wildman–Crippen LogP) is 4.74. The Hall–Kier alpha value is -0.670. The van der Waals surface area contributed by atoms with Crippen molar-refractivity contribution in [3.05, 3.63) is 46.0 Å². The van der Waals surface area contributed by atoms with Crippen molar-refractivity contribution < 1.29 is 13.2 Å². The molecule has 0 atom stereocenters. The third-order valence-corrected chi connectivity index (χ3v) is 2.63. The highest BCUT2D eigenvalue weighted by molar-refractivity contribution is 6.36. The van der Waals surface area contributed by atoms with Crippen LogP contribution in [0.2, 0.25) is 10.0 Å². The molecule has 0 fully saturated rings. The first-order valence-corrected chi connectivity index (χ1v) is 4.78. The third-order valence-electron chi connectivity index (χ3n) is 1.84. The molecule has 0 amide bonds. The van der Waals surface area contributed by atoms with E-state index in [1.54, 1.807) is 0 Å². The Morgan fingerprint density at radius 2 is 1.87 bits per heavy atom. The lowest BCUT2D eigenvalue weighted by Gasteiger charge is -2.12. The van der Waals surface area contributed by atoms with Gasteiger partial charge in [-0.1, -0.05) is 29.3 Å². The molecule has 0 aromatic heterocycles. The normalized spacial score (nSPS) is 11.5. The highest BCUT2D eigenvalue weighted by Gasteiger charge is 2.34. The first-order chi connectivity index (χ1) is 6.88. The van der Waals surface area contributed by atoms with Crippen LogP contribution in [0.3, 0.4) is 0 Å². The summed E-state index contributed by atoms with van der Waals surface area (Å²) >= 11 is 11.4. The summed E-state index contributed by atoms with van der Waals surface area (Å²) in [5.41, 5.74) is -0.617. The number of hydrogen-bond acceptors (Lipinski definition) is 0. The second-order valence-corrected chi connectivity index (χ2v) is 3.66. The molecule has 0 N–H and O–H groups in total. The van der Waals surface area contributed by atoms with Gasteiger partial charge in [-0.25, -0.2) is 0 Å². The first-order valence-electron chi connectivity index (χ1n) is 4.03. The molecule has 0 saturated carbocycles. The zero-order valence-electron chi connectivity index (χ0n) is 7.54. The Morgan fingerprint density at radius 1 is 1.27 bits per heavy atom. The van der Waals surface area contributed by atoms with Gasteiger partial charge in [-0.3, -0.25) is 0 Å². The van der Waals surface area contributed by atoms with Crippen molar-refractivity contribution in [1.82, 2.24) is 0 Å². The average molecular weight is 255 g/mol. The van der Waals surface area contributed by atoms with E-state index in [0.717, 1.165) is 6.07 Å². The van der Waals surface area contributed by atoms with E-state index >= 15 is 0 Å². The van der Waals surface area contributed by atoms with Crippen LogP contribution in [-0.4, -0.2) is 0 Å². The zero-order valence-corrected chi connectivity index (χ0v) is 9.05. The maximum absolute atomic E-state index is 12.4. The Labute approximate surface area is 95.3 Å². The van der Waals surface area contributed by atoms with Crippen molar-refractivity contribution in [2.75, 3.05) is 0 Å². The molecule has 0 aliphatic carbocycles. The van der Waals surface area contributed by atoms with Crippen LogP contribution in [0.1, 0.15) is 11.1 Å². The maximum Gasteiger partial charge on any atom is 0.417 e. The SMILES string of the molecule is C=CCc1c(Cl)ccc(C(F)(F)F)c1Cl. The van der Waals surface area contributed by atoms with Gasteiger partial charge in [-0.15, -0.1) is 6.58 Å². The average Bonchev–Trinajstić information content (AvgIpc) is 2.09. The fourth-order valence-electron chi connectivity index (χ4n) is 1.15. The summed E-state index contributed by atoms with van der Waals surface area (Å²) in [7, 11) is 0. The lowest BCUT2D eigenvalue weighted by atomic mass is 10.1. The number of alkyl halides is 3. The summed E-state index contributed by atoms with van der Waals surface area (Å²) in [6.45, 7) is 3.43. The molecule has 0 saturated heterocycles. The van der Waals surface area contributed by atoms with E-state index in [1.165, 1.54) is 12.1 Å². The predicted molar refractivity (Wildman–Crippen MR) is 55.4 cm³/mol. The van der Waals surface area contributed by atoms with Crippen molar-refractivity contribution in [2.45, 2.75) is 12.6 Å². The molecule has 0 radical (unpaired) electrons. The maximum atomic E-state index is 12.4. The largest absolute Gasteiger partial charge is 0.417 e. The van der Waals surface area contributed by atoms with Crippen LogP contribution in [0.15, 0.2) is 24.8 Å². The van der Waals surface area contributed by atoms with Crippen LogP contribution < -0.4 is 0 Å². The van der Waals surface area contributed by atoms with E-state index in [0.29, 0.717) is 0 Å². The molecule has 0 unspecified atom stereocenters. The second-order valence-electron chi connectivity index (χ2n) is 2.88. The van der Waals surface area contributed by atoms with Crippen LogP contribution in [0, 0.1) is 0 Å². The zero-order chi connectivity index (χ0) is 11.6. The highest BCUT2D eigenvalue weighted by Crippen LogP contribution is 2.38. The van der Waals surface area contributed by atoms with Crippen LogP contribution in [0.5, 0.6) is 0 Å². The van der Waals surface area contributed by atoms with E-state index in [4.69, 9.17) is 23.2 Å². The lowest BCUT2D eigenvalue weighted by molar-refractivity contribution is -0.137. The highest BCUT2D eigenvalue weighted by atomic mass is 35.5. The van der Waals surface area contributed by atoms with Crippen LogP contribution in [-0.2, 0) is 12.6 Å². The number of halogens is 5. The Bertz CT molecular complexity index is 383. The molecule has 15 heavy (non-hydrogen) atoms. The smallest absolute Gasteiger partial charge is 0.166 e. The molecule has 0 aliphatic rings. The molecule has 1 aromatic rings. The molecule has 82 valence electrons. The van der Waals surface area contributed by atoms with Gasteiger partial charge in [0.2, 0.25) is 0 Å². The molecule has 5 heteroatoms. The third kappa shape index (κ3) is 2.67. The summed E-state index contributed by atoms with van der Waals surface area (Å²) in [6, 6.07) is 2.06. The molecule has 0 nitrogen and oxygen atoms in total. The summed E-state index contributed by atoms with van der Waals surface area (Å²) in [4.78, 5) is 0. The molecular formula is C10H7Cl2F3. The van der Waals surface area contributed by atoms with Crippen molar-refractivity contribution in [2.24, 2.45) is 0 Å². The monoisotopic (exact) mass is 254 g/mol. The topological polar surface area (TPSA) is 0 Å². The van der Waals surface area contributed by atoms with Gasteiger partial charge in [0.15, 0.2) is 0 Å². The summed E-state index contributed by atoms with van der Waals surface area (Å²) < 4.78 is 37.3. The minimum Gasteiger partial charge on any atom is -0.166 e. The number of rotatable bonds is 2. The molecule has 0 bridgehead atoms. The van der Waals surface area contributed by atoms with Gasteiger partial charge >= 0.3 is 6.18 Å². The number of benzene rings is 1. The summed E-state index contributed by atoms with van der Waals surface area (Å²) in [5, 5.41) is -0.136. The summed E-state index contributed by atoms with van der Waals surface area (Å²) in [6.07, 6.45) is -2.80. The molecule has 0 aliphatic heterocycles. The minimum atomic E-state index is -4.46. The Morgan fingerprint density at radius 3 is 2.33 bits per heavy atom. The number of allylic oxidation sites excluding steroid dienone is 1. The van der Waals surface area contributed by atoms with Gasteiger partial charge < -0.3 is 0 Å². The first kappa shape index (κ1) is 12.4. The van der Waals surface area contributed by atoms with Crippen LogP contribution >= 0.6 is 23.2 Å². The van der Waals surface area contributed by atoms with Crippen molar-refractivity contribution >= 4 is 23.2 Å². The van der Waals surface area contributed by atoms with Gasteiger partial charge in [0.25, 0.3) is 0 Å². The van der Waals surface area contributed by atoms with Gasteiger partial charge in [0.05, 0.1) is 10.6 Å². The van der Waals surface area contributed by atoms with Gasteiger partial charge in [0.1, 0.15) is 0 Å². The van der Waals surface area contributed by atoms with E-state index in [2.05, 4.69) is 6.58 Å². The molecule has 1 aromatic carbocycles. The van der Waals surface area contributed by atoms with Crippen molar-refractivity contribution in [3.8, 4) is 0 Å². The standard InChI is InChI=1S/C10H7Cl2F3/c1-2-3-6-8(11)5-4-7(9(6)12)10(13,14)15/h2,4-5H,1,3H2. The fourth-order valence-corrected chi connectivity index (χ4v) is 1.78. The van der Waals surface area contributed by atoms with Crippen LogP contribution in [0.25, 0.3) is 0 Å². The number of hydrogen-bond donors (Lipinski definition) is 0. The van der Waals surface area contributed by atoms with Gasteiger partial charge in [-0.2, -0.15) is 13.2 Å². The molecule has 1 rings (SSSR count). The summed E-state index contributed by atoms with van der Waals surface area (Å²) in [5.74, 6) is 0. The van der Waals surface area contributed by atoms with E-state index < -0.39 is 11.7 Å². The molecule has 0 heterocycles. The van der Waals surface area contributed by atoms with E-state index in [-0.39, 0.29) is 22.0 Å². The molecule has 0 spiro atoms. The fraction of sp³-hybridized carbons (Fsp3) is 0.200. The van der Waals surface area contributed by atoms with Crippen LogP contribution in [0.4, 0.5) is 13.2 Å². The Kier molecular flexibility index (Phi) is 3.68. The Balaban J connectivity index is 3.34. The van der Waals surface area contributed by atoms with E-state index in [9.17, 15) is 13.2 Å². The van der Waals surface area contributed by atoms with Crippen molar-refractivity contribution in [3.63, 3.8) is 0 Å². The second kappa shape index (κ2) is 4.45.